The first-order chi connectivity index (χ1) is 10.8. The van der Waals surface area contributed by atoms with Gasteiger partial charge in [-0.3, -0.25) is 9.80 Å². The van der Waals surface area contributed by atoms with Gasteiger partial charge in [-0.05, 0) is 18.5 Å². The molecule has 1 atom stereocenters. The fourth-order valence-electron chi connectivity index (χ4n) is 3.01. The van der Waals surface area contributed by atoms with Crippen molar-refractivity contribution in [2.24, 2.45) is 0 Å². The van der Waals surface area contributed by atoms with Crippen LogP contribution in [0.3, 0.4) is 0 Å². The lowest BCUT2D eigenvalue weighted by Crippen LogP contribution is -2.45. The standard InChI is InChI=1S/C17H28N2O3/c1-21-17(22-2)13-18-9-6-10-19(16(12-18)14-20)11-15-7-4-3-5-8-15/h3-5,7-8,16-17,20H,6,9-14H2,1-2H3/t16-/m1/s1. The van der Waals surface area contributed by atoms with Gasteiger partial charge < -0.3 is 14.6 Å². The fraction of sp³-hybridized carbons (Fsp3) is 0.647. The number of hydrogen-bond donors (Lipinski definition) is 1. The molecule has 22 heavy (non-hydrogen) atoms. The summed E-state index contributed by atoms with van der Waals surface area (Å²) in [5.74, 6) is 0. The highest BCUT2D eigenvalue weighted by Gasteiger charge is 2.25. The minimum atomic E-state index is -0.208. The third-order valence-corrected chi connectivity index (χ3v) is 4.28. The Morgan fingerprint density at radius 3 is 2.55 bits per heavy atom. The van der Waals surface area contributed by atoms with E-state index in [4.69, 9.17) is 9.47 Å². The zero-order valence-electron chi connectivity index (χ0n) is 13.6. The normalized spacial score (nSPS) is 21.2. The van der Waals surface area contributed by atoms with E-state index in [1.807, 2.05) is 6.07 Å². The van der Waals surface area contributed by atoms with Crippen LogP contribution in [0.4, 0.5) is 0 Å². The van der Waals surface area contributed by atoms with Crippen molar-refractivity contribution in [1.29, 1.82) is 0 Å². The molecule has 1 aromatic carbocycles. The third kappa shape index (κ3) is 5.04. The fourth-order valence-corrected chi connectivity index (χ4v) is 3.01. The van der Waals surface area contributed by atoms with Gasteiger partial charge in [0.25, 0.3) is 0 Å². The maximum absolute atomic E-state index is 9.80. The molecule has 1 fully saturated rings. The number of aliphatic hydroxyl groups is 1. The molecule has 1 N–H and O–H groups in total. The Morgan fingerprint density at radius 1 is 1.18 bits per heavy atom. The number of methoxy groups -OCH3 is 2. The quantitative estimate of drug-likeness (QED) is 0.766. The lowest BCUT2D eigenvalue weighted by atomic mass is 10.1. The van der Waals surface area contributed by atoms with Crippen molar-refractivity contribution in [3.05, 3.63) is 35.9 Å². The summed E-state index contributed by atoms with van der Waals surface area (Å²) >= 11 is 0. The van der Waals surface area contributed by atoms with Crippen LogP contribution in [0.2, 0.25) is 0 Å². The molecule has 5 nitrogen and oxygen atoms in total. The highest BCUT2D eigenvalue weighted by Crippen LogP contribution is 2.15. The number of benzene rings is 1. The topological polar surface area (TPSA) is 45.2 Å². The average Bonchev–Trinajstić information content (AvgIpc) is 2.75. The second kappa shape index (κ2) is 9.22. The van der Waals surface area contributed by atoms with Crippen molar-refractivity contribution in [3.63, 3.8) is 0 Å². The summed E-state index contributed by atoms with van der Waals surface area (Å²) in [6, 6.07) is 10.6. The van der Waals surface area contributed by atoms with Crippen LogP contribution in [0.1, 0.15) is 12.0 Å². The Kier molecular flexibility index (Phi) is 7.29. The molecule has 1 saturated heterocycles. The molecule has 1 aliphatic rings. The highest BCUT2D eigenvalue weighted by atomic mass is 16.7. The maximum Gasteiger partial charge on any atom is 0.169 e. The second-order valence-electron chi connectivity index (χ2n) is 5.81. The number of nitrogens with zero attached hydrogens (tertiary/aromatic N) is 2. The average molecular weight is 308 g/mol. The zero-order valence-corrected chi connectivity index (χ0v) is 13.6. The molecule has 0 amide bonds. The minimum absolute atomic E-state index is 0.150. The van der Waals surface area contributed by atoms with Gasteiger partial charge in [0, 0.05) is 46.4 Å². The van der Waals surface area contributed by atoms with Gasteiger partial charge in [-0.1, -0.05) is 30.3 Å². The van der Waals surface area contributed by atoms with E-state index in [2.05, 4.69) is 34.1 Å². The molecule has 0 saturated carbocycles. The Balaban J connectivity index is 1.96. The van der Waals surface area contributed by atoms with Crippen LogP contribution >= 0.6 is 0 Å². The summed E-state index contributed by atoms with van der Waals surface area (Å²) in [4.78, 5) is 4.70. The molecule has 0 aromatic heterocycles. The van der Waals surface area contributed by atoms with E-state index < -0.39 is 0 Å². The molecule has 1 aromatic rings. The predicted octanol–water partition coefficient (Wildman–Crippen LogP) is 1.17. The van der Waals surface area contributed by atoms with Crippen LogP contribution in [0.15, 0.2) is 30.3 Å². The molecule has 1 heterocycles. The summed E-state index contributed by atoms with van der Waals surface area (Å²) in [6.07, 6.45) is 0.878. The van der Waals surface area contributed by atoms with Gasteiger partial charge in [0.1, 0.15) is 0 Å². The second-order valence-corrected chi connectivity index (χ2v) is 5.81. The number of ether oxygens (including phenoxy) is 2. The molecule has 0 spiro atoms. The van der Waals surface area contributed by atoms with Crippen molar-refractivity contribution < 1.29 is 14.6 Å². The summed E-state index contributed by atoms with van der Waals surface area (Å²) < 4.78 is 10.6. The largest absolute Gasteiger partial charge is 0.395 e. The number of aliphatic hydroxyl groups excluding tert-OH is 1. The van der Waals surface area contributed by atoms with Crippen LogP contribution in [-0.2, 0) is 16.0 Å². The number of hydrogen-bond acceptors (Lipinski definition) is 5. The SMILES string of the molecule is COC(CN1CCCN(Cc2ccccc2)[C@@H](CO)C1)OC. The molecule has 0 radical (unpaired) electrons. The van der Waals surface area contributed by atoms with Crippen molar-refractivity contribution in [2.45, 2.75) is 25.3 Å². The van der Waals surface area contributed by atoms with Gasteiger partial charge >= 0.3 is 0 Å². The Hall–Kier alpha value is -0.980. The van der Waals surface area contributed by atoms with Gasteiger partial charge in [0.15, 0.2) is 6.29 Å². The van der Waals surface area contributed by atoms with Crippen molar-refractivity contribution in [1.82, 2.24) is 9.80 Å². The van der Waals surface area contributed by atoms with E-state index in [1.165, 1.54) is 5.56 Å². The van der Waals surface area contributed by atoms with Gasteiger partial charge in [-0.15, -0.1) is 0 Å². The van der Waals surface area contributed by atoms with Gasteiger partial charge in [0.05, 0.1) is 6.61 Å². The van der Waals surface area contributed by atoms with Gasteiger partial charge in [-0.25, -0.2) is 0 Å². The summed E-state index contributed by atoms with van der Waals surface area (Å²) in [5, 5.41) is 9.80. The Morgan fingerprint density at radius 2 is 1.91 bits per heavy atom. The molecule has 124 valence electrons. The molecule has 1 aliphatic heterocycles. The molecule has 5 heteroatoms. The van der Waals surface area contributed by atoms with Crippen molar-refractivity contribution in [3.8, 4) is 0 Å². The van der Waals surface area contributed by atoms with E-state index >= 15 is 0 Å². The van der Waals surface area contributed by atoms with E-state index in [9.17, 15) is 5.11 Å². The predicted molar refractivity (Wildman–Crippen MR) is 86.6 cm³/mol. The monoisotopic (exact) mass is 308 g/mol. The lowest BCUT2D eigenvalue weighted by Gasteiger charge is -2.31. The Bertz CT molecular complexity index is 412. The van der Waals surface area contributed by atoms with Crippen LogP contribution in [-0.4, -0.2) is 74.2 Å². The van der Waals surface area contributed by atoms with Crippen LogP contribution in [0.5, 0.6) is 0 Å². The van der Waals surface area contributed by atoms with Crippen molar-refractivity contribution in [2.75, 3.05) is 47.0 Å². The molecular weight excluding hydrogens is 280 g/mol. The van der Waals surface area contributed by atoms with Crippen molar-refractivity contribution >= 4 is 0 Å². The first-order valence-corrected chi connectivity index (χ1v) is 7.93. The highest BCUT2D eigenvalue weighted by molar-refractivity contribution is 5.14. The molecule has 2 rings (SSSR count). The lowest BCUT2D eigenvalue weighted by molar-refractivity contribution is -0.117. The third-order valence-electron chi connectivity index (χ3n) is 4.28. The van der Waals surface area contributed by atoms with E-state index in [0.717, 1.165) is 39.1 Å². The van der Waals surface area contributed by atoms with Crippen LogP contribution < -0.4 is 0 Å². The van der Waals surface area contributed by atoms with Crippen LogP contribution in [0, 0.1) is 0 Å². The molecule has 0 aliphatic carbocycles. The maximum atomic E-state index is 9.80. The molecule has 0 bridgehead atoms. The number of rotatable bonds is 7. The molecular formula is C17H28N2O3. The van der Waals surface area contributed by atoms with E-state index in [1.54, 1.807) is 14.2 Å². The van der Waals surface area contributed by atoms with Crippen LogP contribution in [0.25, 0.3) is 0 Å². The summed E-state index contributed by atoms with van der Waals surface area (Å²) in [6.45, 7) is 4.65. The smallest absolute Gasteiger partial charge is 0.169 e. The van der Waals surface area contributed by atoms with Gasteiger partial charge in [0.2, 0.25) is 0 Å². The van der Waals surface area contributed by atoms with Gasteiger partial charge in [-0.2, -0.15) is 0 Å². The summed E-state index contributed by atoms with van der Waals surface area (Å²) in [7, 11) is 3.33. The minimum Gasteiger partial charge on any atom is -0.395 e. The Labute approximate surface area is 133 Å². The van der Waals surface area contributed by atoms with E-state index in [0.29, 0.717) is 0 Å². The zero-order chi connectivity index (χ0) is 15.8. The first-order valence-electron chi connectivity index (χ1n) is 7.93. The van der Waals surface area contributed by atoms with E-state index in [-0.39, 0.29) is 18.9 Å². The first kappa shape index (κ1) is 17.4. The molecule has 0 unspecified atom stereocenters. The summed E-state index contributed by atoms with van der Waals surface area (Å²) in [5.41, 5.74) is 1.29.